The van der Waals surface area contributed by atoms with E-state index in [4.69, 9.17) is 9.84 Å². The summed E-state index contributed by atoms with van der Waals surface area (Å²) in [6.07, 6.45) is 3.52. The first-order chi connectivity index (χ1) is 9.47. The van der Waals surface area contributed by atoms with Crippen LogP contribution in [0.3, 0.4) is 0 Å². The molecule has 1 aromatic heterocycles. The van der Waals surface area contributed by atoms with Gasteiger partial charge in [0.15, 0.2) is 0 Å². The number of hydrogen-bond acceptors (Lipinski definition) is 5. The maximum absolute atomic E-state index is 10.5. The molecule has 0 spiro atoms. The second-order valence-electron chi connectivity index (χ2n) is 5.14. The third-order valence-corrected chi connectivity index (χ3v) is 2.76. The largest absolute Gasteiger partial charge is 0.481 e. The summed E-state index contributed by atoms with van der Waals surface area (Å²) in [5.74, 6) is 0.699. The van der Waals surface area contributed by atoms with E-state index < -0.39 is 5.97 Å². The lowest BCUT2D eigenvalue weighted by atomic mass is 10.0. The van der Waals surface area contributed by atoms with E-state index in [1.807, 2.05) is 20.8 Å². The van der Waals surface area contributed by atoms with Gasteiger partial charge in [0.2, 0.25) is 11.8 Å². The van der Waals surface area contributed by atoms with E-state index in [-0.39, 0.29) is 12.5 Å². The highest BCUT2D eigenvalue weighted by atomic mass is 16.5. The quantitative estimate of drug-likeness (QED) is 0.723. The summed E-state index contributed by atoms with van der Waals surface area (Å²) in [7, 11) is 0. The van der Waals surface area contributed by atoms with Gasteiger partial charge >= 0.3 is 5.97 Å². The number of carbonyl (C=O) groups is 1. The van der Waals surface area contributed by atoms with Crippen LogP contribution in [0.4, 0.5) is 5.95 Å². The van der Waals surface area contributed by atoms with Crippen LogP contribution in [-0.4, -0.2) is 33.7 Å². The number of nitrogens with zero attached hydrogens (tertiary/aromatic N) is 2. The Bertz CT molecular complexity index is 424. The van der Waals surface area contributed by atoms with Crippen molar-refractivity contribution >= 4 is 11.9 Å². The standard InChI is InChI=1S/C14H23N3O3/c1-10(2)20-12-7-9-16-14(17-12)15-8-6-11(3)4-5-13(18)19/h7,9-11H,4-6,8H2,1-3H3,(H,18,19)(H,15,16,17). The van der Waals surface area contributed by atoms with E-state index in [9.17, 15) is 4.79 Å². The average molecular weight is 281 g/mol. The third kappa shape index (κ3) is 6.92. The Hall–Kier alpha value is -1.85. The summed E-state index contributed by atoms with van der Waals surface area (Å²) < 4.78 is 5.49. The lowest BCUT2D eigenvalue weighted by Gasteiger charge is -2.12. The number of hydrogen-bond donors (Lipinski definition) is 2. The van der Waals surface area contributed by atoms with Crippen LogP contribution in [0.15, 0.2) is 12.3 Å². The van der Waals surface area contributed by atoms with Gasteiger partial charge < -0.3 is 15.2 Å². The van der Waals surface area contributed by atoms with Crippen molar-refractivity contribution in [1.82, 2.24) is 9.97 Å². The van der Waals surface area contributed by atoms with Gasteiger partial charge in [-0.25, -0.2) is 4.98 Å². The number of aliphatic carboxylic acids is 1. The molecule has 0 bridgehead atoms. The first-order valence-electron chi connectivity index (χ1n) is 6.92. The molecule has 6 heteroatoms. The molecule has 1 unspecified atom stereocenters. The number of carboxylic acids is 1. The Labute approximate surface area is 119 Å². The minimum Gasteiger partial charge on any atom is -0.481 e. The molecule has 0 saturated carbocycles. The zero-order valence-corrected chi connectivity index (χ0v) is 12.3. The topological polar surface area (TPSA) is 84.3 Å². The first kappa shape index (κ1) is 16.2. The Morgan fingerprint density at radius 3 is 2.80 bits per heavy atom. The molecule has 0 amide bonds. The molecule has 20 heavy (non-hydrogen) atoms. The molecule has 0 fully saturated rings. The Morgan fingerprint density at radius 1 is 1.40 bits per heavy atom. The van der Waals surface area contributed by atoms with Crippen LogP contribution < -0.4 is 10.1 Å². The third-order valence-electron chi connectivity index (χ3n) is 2.76. The van der Waals surface area contributed by atoms with Gasteiger partial charge in [0.25, 0.3) is 0 Å². The van der Waals surface area contributed by atoms with Gasteiger partial charge in [0, 0.05) is 25.2 Å². The molecule has 1 aromatic rings. The molecular formula is C14H23N3O3. The molecule has 0 aliphatic heterocycles. The van der Waals surface area contributed by atoms with E-state index in [1.54, 1.807) is 12.3 Å². The van der Waals surface area contributed by atoms with Gasteiger partial charge in [-0.15, -0.1) is 0 Å². The highest BCUT2D eigenvalue weighted by Gasteiger charge is 2.06. The van der Waals surface area contributed by atoms with E-state index in [0.29, 0.717) is 30.7 Å². The van der Waals surface area contributed by atoms with Crippen LogP contribution >= 0.6 is 0 Å². The Morgan fingerprint density at radius 2 is 2.15 bits per heavy atom. The maximum atomic E-state index is 10.5. The van der Waals surface area contributed by atoms with Crippen LogP contribution in [0.2, 0.25) is 0 Å². The molecular weight excluding hydrogens is 258 g/mol. The van der Waals surface area contributed by atoms with E-state index in [0.717, 1.165) is 6.42 Å². The van der Waals surface area contributed by atoms with Crippen molar-refractivity contribution in [2.75, 3.05) is 11.9 Å². The van der Waals surface area contributed by atoms with Gasteiger partial charge in [-0.2, -0.15) is 4.98 Å². The van der Waals surface area contributed by atoms with Crippen molar-refractivity contribution in [3.8, 4) is 5.88 Å². The molecule has 0 aliphatic carbocycles. The summed E-state index contributed by atoms with van der Waals surface area (Å²) in [6, 6.07) is 1.72. The highest BCUT2D eigenvalue weighted by Crippen LogP contribution is 2.12. The molecule has 0 aromatic carbocycles. The molecule has 0 aliphatic rings. The van der Waals surface area contributed by atoms with Crippen molar-refractivity contribution in [3.63, 3.8) is 0 Å². The van der Waals surface area contributed by atoms with Gasteiger partial charge in [-0.1, -0.05) is 6.92 Å². The van der Waals surface area contributed by atoms with Gasteiger partial charge in [-0.05, 0) is 32.6 Å². The maximum Gasteiger partial charge on any atom is 0.303 e. The van der Waals surface area contributed by atoms with Crippen molar-refractivity contribution in [1.29, 1.82) is 0 Å². The van der Waals surface area contributed by atoms with Crippen LogP contribution in [0.1, 0.15) is 40.0 Å². The number of rotatable bonds is 9. The fourth-order valence-electron chi connectivity index (χ4n) is 1.68. The molecule has 0 radical (unpaired) electrons. The van der Waals surface area contributed by atoms with Crippen LogP contribution in [0.25, 0.3) is 0 Å². The summed E-state index contributed by atoms with van der Waals surface area (Å²) in [4.78, 5) is 18.8. The average Bonchev–Trinajstić information content (AvgIpc) is 2.36. The second-order valence-corrected chi connectivity index (χ2v) is 5.14. The van der Waals surface area contributed by atoms with Crippen LogP contribution in [0, 0.1) is 5.92 Å². The minimum atomic E-state index is -0.744. The molecule has 0 saturated heterocycles. The summed E-state index contributed by atoms with van der Waals surface area (Å²) >= 11 is 0. The molecule has 2 N–H and O–H groups in total. The summed E-state index contributed by atoms with van der Waals surface area (Å²) in [5, 5.41) is 11.7. The van der Waals surface area contributed by atoms with Crippen molar-refractivity contribution in [2.45, 2.75) is 46.1 Å². The van der Waals surface area contributed by atoms with Crippen molar-refractivity contribution < 1.29 is 14.6 Å². The predicted molar refractivity (Wildman–Crippen MR) is 76.9 cm³/mol. The second kappa shape index (κ2) is 8.35. The molecule has 1 atom stereocenters. The molecule has 112 valence electrons. The van der Waals surface area contributed by atoms with Crippen molar-refractivity contribution in [2.24, 2.45) is 5.92 Å². The van der Waals surface area contributed by atoms with E-state index in [2.05, 4.69) is 15.3 Å². The predicted octanol–water partition coefficient (Wildman–Crippen LogP) is 2.57. The number of aromatic nitrogens is 2. The normalized spacial score (nSPS) is 12.2. The molecule has 1 rings (SSSR count). The highest BCUT2D eigenvalue weighted by molar-refractivity contribution is 5.66. The summed E-state index contributed by atoms with van der Waals surface area (Å²) in [5.41, 5.74) is 0. The smallest absolute Gasteiger partial charge is 0.303 e. The monoisotopic (exact) mass is 281 g/mol. The fourth-order valence-corrected chi connectivity index (χ4v) is 1.68. The van der Waals surface area contributed by atoms with E-state index >= 15 is 0 Å². The lowest BCUT2D eigenvalue weighted by molar-refractivity contribution is -0.137. The summed E-state index contributed by atoms with van der Waals surface area (Å²) in [6.45, 7) is 6.65. The lowest BCUT2D eigenvalue weighted by Crippen LogP contribution is -2.12. The molecule has 6 nitrogen and oxygen atoms in total. The number of carboxylic acid groups (broad SMARTS) is 1. The fraction of sp³-hybridized carbons (Fsp3) is 0.643. The zero-order chi connectivity index (χ0) is 15.0. The number of nitrogens with one attached hydrogen (secondary N) is 1. The van der Waals surface area contributed by atoms with Gasteiger partial charge in [0.05, 0.1) is 6.10 Å². The van der Waals surface area contributed by atoms with Crippen LogP contribution in [-0.2, 0) is 4.79 Å². The minimum absolute atomic E-state index is 0.0776. The first-order valence-corrected chi connectivity index (χ1v) is 6.92. The van der Waals surface area contributed by atoms with Crippen LogP contribution in [0.5, 0.6) is 5.88 Å². The molecule has 1 heterocycles. The van der Waals surface area contributed by atoms with E-state index in [1.165, 1.54) is 0 Å². The van der Waals surface area contributed by atoms with Gasteiger partial charge in [-0.3, -0.25) is 4.79 Å². The number of ether oxygens (including phenoxy) is 1. The SMILES string of the molecule is CC(CCNc1nccc(OC(C)C)n1)CCC(=O)O. The van der Waals surface area contributed by atoms with Gasteiger partial charge in [0.1, 0.15) is 0 Å². The number of anilines is 1. The Balaban J connectivity index is 2.32. The Kier molecular flexibility index (Phi) is 6.76. The zero-order valence-electron chi connectivity index (χ0n) is 12.3. The van der Waals surface area contributed by atoms with Crippen molar-refractivity contribution in [3.05, 3.63) is 12.3 Å².